The summed E-state index contributed by atoms with van der Waals surface area (Å²) in [6.07, 6.45) is -1.14. The van der Waals surface area contributed by atoms with Gasteiger partial charge in [0, 0.05) is 11.8 Å². The smallest absolute Gasteiger partial charge is 0.339 e. The van der Waals surface area contributed by atoms with Gasteiger partial charge in [0.1, 0.15) is 0 Å². The summed E-state index contributed by atoms with van der Waals surface area (Å²) in [4.78, 5) is 34.9. The minimum Gasteiger partial charge on any atom is -0.487 e. The number of benzene rings is 2. The van der Waals surface area contributed by atoms with Crippen molar-refractivity contribution in [2.45, 2.75) is 20.0 Å². The molecule has 1 atom stereocenters. The molecule has 0 aliphatic carbocycles. The Morgan fingerprint density at radius 1 is 1.25 bits per heavy atom. The molecule has 0 radical (unpaired) electrons. The third-order valence-corrected chi connectivity index (χ3v) is 3.63. The van der Waals surface area contributed by atoms with Gasteiger partial charge in [-0.3, -0.25) is 14.9 Å². The molecule has 28 heavy (non-hydrogen) atoms. The summed E-state index contributed by atoms with van der Waals surface area (Å²) in [6.45, 7) is 3.29. The largest absolute Gasteiger partial charge is 0.487 e. The summed E-state index contributed by atoms with van der Waals surface area (Å²) >= 11 is 0. The van der Waals surface area contributed by atoms with E-state index in [0.717, 1.165) is 6.07 Å². The molecular weight excluding hydrogens is 366 g/mol. The van der Waals surface area contributed by atoms with Gasteiger partial charge in [0.2, 0.25) is 0 Å². The van der Waals surface area contributed by atoms with Crippen molar-refractivity contribution >= 4 is 23.3 Å². The van der Waals surface area contributed by atoms with Gasteiger partial charge < -0.3 is 14.8 Å². The fourth-order valence-electron chi connectivity index (χ4n) is 2.22. The van der Waals surface area contributed by atoms with Crippen molar-refractivity contribution in [3.05, 3.63) is 63.7 Å². The van der Waals surface area contributed by atoms with Crippen LogP contribution in [0.1, 0.15) is 29.8 Å². The van der Waals surface area contributed by atoms with Crippen LogP contribution in [-0.4, -0.2) is 29.5 Å². The standard InChI is InChI=1S/C19H17N3O6/c1-3-27-17-9-6-14(10-16(17)22(25)26)19(24)28-12(2)18(23)21-15-7-4-13(11-20)5-8-15/h4-10,12H,3H2,1-2H3,(H,21,23)/t12-/m1/s1. The third-order valence-electron chi connectivity index (χ3n) is 3.63. The number of nitro benzene ring substituents is 1. The van der Waals surface area contributed by atoms with Gasteiger partial charge in [-0.1, -0.05) is 0 Å². The Morgan fingerprint density at radius 3 is 2.50 bits per heavy atom. The number of hydrogen-bond acceptors (Lipinski definition) is 7. The van der Waals surface area contributed by atoms with Gasteiger partial charge in [0.05, 0.1) is 28.7 Å². The Morgan fingerprint density at radius 2 is 1.93 bits per heavy atom. The number of nitrogens with one attached hydrogen (secondary N) is 1. The summed E-state index contributed by atoms with van der Waals surface area (Å²) < 4.78 is 10.2. The summed E-state index contributed by atoms with van der Waals surface area (Å²) in [5.74, 6) is -1.43. The number of hydrogen-bond donors (Lipinski definition) is 1. The highest BCUT2D eigenvalue weighted by molar-refractivity contribution is 5.97. The van der Waals surface area contributed by atoms with E-state index in [1.54, 1.807) is 19.1 Å². The highest BCUT2D eigenvalue weighted by atomic mass is 16.6. The number of carbonyl (C=O) groups is 2. The van der Waals surface area contributed by atoms with Crippen LogP contribution in [-0.2, 0) is 9.53 Å². The lowest BCUT2D eigenvalue weighted by Gasteiger charge is -2.14. The molecule has 1 amide bonds. The van der Waals surface area contributed by atoms with Gasteiger partial charge in [-0.15, -0.1) is 0 Å². The Bertz CT molecular complexity index is 934. The number of esters is 1. The number of nitro groups is 1. The molecule has 0 bridgehead atoms. The van der Waals surface area contributed by atoms with Crippen LogP contribution < -0.4 is 10.1 Å². The lowest BCUT2D eigenvalue weighted by atomic mass is 10.2. The number of anilines is 1. The first kappa shape index (κ1) is 20.4. The molecule has 0 aliphatic rings. The van der Waals surface area contributed by atoms with Crippen molar-refractivity contribution in [2.75, 3.05) is 11.9 Å². The molecule has 0 unspecified atom stereocenters. The van der Waals surface area contributed by atoms with Crippen LogP contribution in [0.3, 0.4) is 0 Å². The molecule has 2 aromatic carbocycles. The molecule has 0 fully saturated rings. The number of ether oxygens (including phenoxy) is 2. The predicted octanol–water partition coefficient (Wildman–Crippen LogP) is 3.05. The van der Waals surface area contributed by atoms with E-state index in [4.69, 9.17) is 14.7 Å². The Hall–Kier alpha value is -3.93. The quantitative estimate of drug-likeness (QED) is 0.441. The Balaban J connectivity index is 2.06. The number of carbonyl (C=O) groups excluding carboxylic acids is 2. The molecule has 9 nitrogen and oxygen atoms in total. The van der Waals surface area contributed by atoms with Gasteiger partial charge in [-0.05, 0) is 50.2 Å². The number of nitrogens with zero attached hydrogens (tertiary/aromatic N) is 2. The minimum atomic E-state index is -1.14. The maximum Gasteiger partial charge on any atom is 0.339 e. The molecule has 0 spiro atoms. The first-order chi connectivity index (χ1) is 13.3. The topological polar surface area (TPSA) is 132 Å². The van der Waals surface area contributed by atoms with Crippen LogP contribution in [0.25, 0.3) is 0 Å². The molecule has 2 aromatic rings. The van der Waals surface area contributed by atoms with Crippen molar-refractivity contribution in [1.29, 1.82) is 5.26 Å². The Labute approximate surface area is 160 Å². The van der Waals surface area contributed by atoms with Gasteiger partial charge in [-0.2, -0.15) is 5.26 Å². The minimum absolute atomic E-state index is 0.0376. The third kappa shape index (κ3) is 5.04. The fraction of sp³-hybridized carbons (Fsp3) is 0.211. The van der Waals surface area contributed by atoms with Crippen LogP contribution in [0.2, 0.25) is 0 Å². The predicted molar refractivity (Wildman–Crippen MR) is 98.9 cm³/mol. The van der Waals surface area contributed by atoms with E-state index < -0.39 is 22.9 Å². The molecule has 0 saturated heterocycles. The van der Waals surface area contributed by atoms with Crippen molar-refractivity contribution < 1.29 is 24.0 Å². The normalized spacial score (nSPS) is 11.0. The summed E-state index contributed by atoms with van der Waals surface area (Å²) in [5, 5.41) is 22.5. The maximum absolute atomic E-state index is 12.2. The Kier molecular flexibility index (Phi) is 6.65. The molecule has 0 saturated carbocycles. The van der Waals surface area contributed by atoms with Crippen molar-refractivity contribution in [2.24, 2.45) is 0 Å². The van der Waals surface area contributed by atoms with E-state index >= 15 is 0 Å². The SMILES string of the molecule is CCOc1ccc(C(=O)O[C@H](C)C(=O)Nc2ccc(C#N)cc2)cc1[N+](=O)[O-]. The maximum atomic E-state index is 12.2. The number of rotatable bonds is 7. The fourth-order valence-corrected chi connectivity index (χ4v) is 2.22. The monoisotopic (exact) mass is 383 g/mol. The van der Waals surface area contributed by atoms with Crippen molar-refractivity contribution in [1.82, 2.24) is 0 Å². The van der Waals surface area contributed by atoms with Gasteiger partial charge in [0.15, 0.2) is 11.9 Å². The highest BCUT2D eigenvalue weighted by Gasteiger charge is 2.23. The zero-order valence-electron chi connectivity index (χ0n) is 15.2. The van der Waals surface area contributed by atoms with Crippen LogP contribution in [0.15, 0.2) is 42.5 Å². The average Bonchev–Trinajstić information content (AvgIpc) is 2.68. The van der Waals surface area contributed by atoms with Crippen molar-refractivity contribution in [3.8, 4) is 11.8 Å². The highest BCUT2D eigenvalue weighted by Crippen LogP contribution is 2.28. The molecule has 1 N–H and O–H groups in total. The zero-order valence-corrected chi connectivity index (χ0v) is 15.2. The second-order valence-corrected chi connectivity index (χ2v) is 5.60. The van der Waals surface area contributed by atoms with E-state index in [1.807, 2.05) is 6.07 Å². The molecule has 0 aliphatic heterocycles. The average molecular weight is 383 g/mol. The van der Waals surface area contributed by atoms with E-state index in [-0.39, 0.29) is 23.6 Å². The second kappa shape index (κ2) is 9.14. The zero-order chi connectivity index (χ0) is 20.7. The lowest BCUT2D eigenvalue weighted by molar-refractivity contribution is -0.385. The summed E-state index contributed by atoms with van der Waals surface area (Å²) in [6, 6.07) is 11.8. The van der Waals surface area contributed by atoms with Gasteiger partial charge in [-0.25, -0.2) is 4.79 Å². The van der Waals surface area contributed by atoms with Gasteiger partial charge in [0.25, 0.3) is 5.91 Å². The van der Waals surface area contributed by atoms with Crippen molar-refractivity contribution in [3.63, 3.8) is 0 Å². The van der Waals surface area contributed by atoms with E-state index in [2.05, 4.69) is 5.32 Å². The van der Waals surface area contributed by atoms with Crippen LogP contribution in [0.5, 0.6) is 5.75 Å². The second-order valence-electron chi connectivity index (χ2n) is 5.60. The van der Waals surface area contributed by atoms with E-state index in [1.165, 1.54) is 31.2 Å². The van der Waals surface area contributed by atoms with Crippen LogP contribution >= 0.6 is 0 Å². The molecular formula is C19H17N3O6. The molecule has 0 aromatic heterocycles. The summed E-state index contributed by atoms with van der Waals surface area (Å²) in [7, 11) is 0. The first-order valence-corrected chi connectivity index (χ1v) is 8.29. The number of nitriles is 1. The molecule has 9 heteroatoms. The molecule has 144 valence electrons. The van der Waals surface area contributed by atoms with Gasteiger partial charge >= 0.3 is 11.7 Å². The van der Waals surface area contributed by atoms with Crippen LogP contribution in [0, 0.1) is 21.4 Å². The molecule has 2 rings (SSSR count). The van der Waals surface area contributed by atoms with E-state index in [9.17, 15) is 19.7 Å². The van der Waals surface area contributed by atoms with Crippen LogP contribution in [0.4, 0.5) is 11.4 Å². The first-order valence-electron chi connectivity index (χ1n) is 8.29. The summed E-state index contributed by atoms with van der Waals surface area (Å²) in [5.41, 5.74) is 0.428. The number of amides is 1. The molecule has 0 heterocycles. The lowest BCUT2D eigenvalue weighted by Crippen LogP contribution is -2.30. The van der Waals surface area contributed by atoms with E-state index in [0.29, 0.717) is 11.3 Å².